The third-order valence-electron chi connectivity index (χ3n) is 4.52. The molecular weight excluding hydrogens is 594 g/mol. The number of benzene rings is 1. The van der Waals surface area contributed by atoms with Crippen molar-refractivity contribution in [1.29, 1.82) is 0 Å². The van der Waals surface area contributed by atoms with Gasteiger partial charge in [0, 0.05) is 39.5 Å². The molecule has 182 valence electrons. The Bertz CT molecular complexity index is 1200. The van der Waals surface area contributed by atoms with Gasteiger partial charge >= 0.3 is 11.6 Å². The van der Waals surface area contributed by atoms with Gasteiger partial charge in [0.05, 0.1) is 25.0 Å². The number of aromatic nitrogens is 3. The van der Waals surface area contributed by atoms with Gasteiger partial charge in [0.25, 0.3) is 0 Å². The third kappa shape index (κ3) is 7.88. The zero-order valence-corrected chi connectivity index (χ0v) is 22.7. The predicted molar refractivity (Wildman–Crippen MR) is 141 cm³/mol. The van der Waals surface area contributed by atoms with Gasteiger partial charge in [0.1, 0.15) is 17.0 Å². The minimum Gasteiger partial charge on any atom is -0.469 e. The maximum atomic E-state index is 12.6. The Morgan fingerprint density at radius 1 is 1.32 bits per heavy atom. The Labute approximate surface area is 214 Å². The Morgan fingerprint density at radius 3 is 2.71 bits per heavy atom. The third-order valence-corrected chi connectivity index (χ3v) is 5.64. The molecule has 0 aliphatic rings. The molecule has 3 aromatic rings. The van der Waals surface area contributed by atoms with E-state index in [2.05, 4.69) is 27.3 Å². The highest BCUT2D eigenvalue weighted by Crippen LogP contribution is 2.24. The average molecular weight is 618 g/mol. The van der Waals surface area contributed by atoms with Crippen molar-refractivity contribution in [3.8, 4) is 11.3 Å². The van der Waals surface area contributed by atoms with Crippen LogP contribution < -0.4 is 10.9 Å². The summed E-state index contributed by atoms with van der Waals surface area (Å²) in [6.45, 7) is 4.71. The van der Waals surface area contributed by atoms with Crippen molar-refractivity contribution in [2.75, 3.05) is 18.2 Å². The van der Waals surface area contributed by atoms with Gasteiger partial charge in [-0.3, -0.25) is 18.8 Å². The number of carbonyl (C=O) groups excluding carboxylic acids is 2. The number of fused-ring (bicyclic) bond motifs is 1. The fourth-order valence-corrected chi connectivity index (χ4v) is 3.87. The van der Waals surface area contributed by atoms with Crippen LogP contribution in [0.3, 0.4) is 0 Å². The molecule has 0 saturated carbocycles. The van der Waals surface area contributed by atoms with E-state index in [0.717, 1.165) is 18.5 Å². The van der Waals surface area contributed by atoms with Crippen LogP contribution in [0.25, 0.3) is 22.2 Å². The molecule has 1 atom stereocenters. The molecule has 0 aliphatic carbocycles. The maximum Gasteiger partial charge on any atom is 0.360 e. The van der Waals surface area contributed by atoms with Crippen molar-refractivity contribution in [1.82, 2.24) is 15.0 Å². The highest BCUT2D eigenvalue weighted by molar-refractivity contribution is 14.2. The number of halogens is 1. The summed E-state index contributed by atoms with van der Waals surface area (Å²) >= 11 is 3.01. The van der Waals surface area contributed by atoms with E-state index in [1.54, 1.807) is 44.9 Å². The number of hydrogen-bond acceptors (Lipinski definition) is 9. The van der Waals surface area contributed by atoms with Crippen LogP contribution >= 0.6 is 39.9 Å². The fraction of sp³-hybridized carbons (Fsp3) is 0.381. The van der Waals surface area contributed by atoms with Gasteiger partial charge in [-0.05, 0) is 24.3 Å². The number of ether oxygens (including phenoxy) is 1. The molecule has 0 spiro atoms. The second-order valence-electron chi connectivity index (χ2n) is 6.85. The highest BCUT2D eigenvalue weighted by Gasteiger charge is 2.23. The molecule has 1 N–H and O–H groups in total. The zero-order valence-electron chi connectivity index (χ0n) is 18.8. The van der Waals surface area contributed by atoms with Crippen molar-refractivity contribution >= 4 is 68.4 Å². The lowest BCUT2D eigenvalue weighted by atomic mass is 10.1. The summed E-state index contributed by atoms with van der Waals surface area (Å²) in [5, 5.41) is 10.8. The van der Waals surface area contributed by atoms with E-state index in [9.17, 15) is 14.4 Å². The van der Waals surface area contributed by atoms with Crippen molar-refractivity contribution in [2.24, 2.45) is 0 Å². The first-order valence-corrected chi connectivity index (χ1v) is 14.9. The molecule has 0 aliphatic heterocycles. The number of amides is 1. The topological polar surface area (TPSA) is 133 Å². The van der Waals surface area contributed by atoms with E-state index in [0.29, 0.717) is 22.4 Å². The molecule has 0 saturated heterocycles. The van der Waals surface area contributed by atoms with Crippen LogP contribution in [0.5, 0.6) is 0 Å². The minimum absolute atomic E-state index is 0.0192. The van der Waals surface area contributed by atoms with Gasteiger partial charge in [0.15, 0.2) is 0 Å². The summed E-state index contributed by atoms with van der Waals surface area (Å²) in [7, 11) is 1.27. The second-order valence-corrected chi connectivity index (χ2v) is 9.65. The smallest absolute Gasteiger partial charge is 0.360 e. The van der Waals surface area contributed by atoms with Gasteiger partial charge in [-0.2, -0.15) is 0 Å². The van der Waals surface area contributed by atoms with Crippen molar-refractivity contribution in [3.63, 3.8) is 0 Å². The number of thioether (sulfide) groups is 1. The number of aryl methyl sites for hydroxylation is 1. The molecular formula is C21H24IN4O6PS. The van der Waals surface area contributed by atoms with Crippen LogP contribution in [0.1, 0.15) is 26.7 Å². The van der Waals surface area contributed by atoms with Crippen LogP contribution in [0.2, 0.25) is 0 Å². The van der Waals surface area contributed by atoms with Crippen LogP contribution in [0.4, 0.5) is 5.69 Å². The van der Waals surface area contributed by atoms with Crippen molar-refractivity contribution in [3.05, 3.63) is 40.9 Å². The molecule has 3 rings (SSSR count). The number of rotatable bonds is 9. The monoisotopic (exact) mass is 618 g/mol. The molecule has 34 heavy (non-hydrogen) atoms. The minimum atomic E-state index is -0.675. The summed E-state index contributed by atoms with van der Waals surface area (Å²) in [5.41, 5.74) is 1.17. The first-order valence-electron chi connectivity index (χ1n) is 10.3. The van der Waals surface area contributed by atoms with Gasteiger partial charge < -0.3 is 14.5 Å². The molecule has 1 unspecified atom stereocenters. The number of esters is 1. The van der Waals surface area contributed by atoms with Crippen LogP contribution in [-0.4, -0.2) is 45.0 Å². The quantitative estimate of drug-likeness (QED) is 0.157. The number of nitrogens with one attached hydrogen (secondary N) is 1. The molecule has 0 bridgehead atoms. The lowest BCUT2D eigenvalue weighted by molar-refractivity contribution is -0.141. The van der Waals surface area contributed by atoms with Gasteiger partial charge in [-0.1, -0.05) is 31.2 Å². The number of carbonyl (C=O) groups is 2. The van der Waals surface area contributed by atoms with Gasteiger partial charge in [-0.25, -0.2) is 4.79 Å². The predicted octanol–water partition coefficient (Wildman–Crippen LogP) is 4.71. The number of hydrogen-bond donors (Lipinski definition) is 1. The number of methoxy groups -OCH3 is 1. The van der Waals surface area contributed by atoms with Crippen molar-refractivity contribution < 1.29 is 23.3 Å². The lowest BCUT2D eigenvalue weighted by Crippen LogP contribution is -2.30. The van der Waals surface area contributed by atoms with E-state index in [1.807, 2.05) is 19.2 Å². The first-order chi connectivity index (χ1) is 16.4. The molecule has 13 heteroatoms. The number of anilines is 1. The normalized spacial score (nSPS) is 11.5. The van der Waals surface area contributed by atoms with Crippen LogP contribution in [-0.2, 0) is 25.4 Å². The van der Waals surface area contributed by atoms with E-state index in [1.165, 1.54) is 18.9 Å². The summed E-state index contributed by atoms with van der Waals surface area (Å²) in [6.07, 6.45) is 2.84. The SMILES string of the molecule is CCCn1cc(-c2ccc3cc(NC(=O)C(CC(=O)OC)SCC)c(=O)oc3c2)nn1.O=PI. The fourth-order valence-electron chi connectivity index (χ4n) is 3.00. The molecule has 1 amide bonds. The van der Waals surface area contributed by atoms with E-state index < -0.39 is 22.8 Å². The summed E-state index contributed by atoms with van der Waals surface area (Å²) in [4.78, 5) is 36.6. The summed E-state index contributed by atoms with van der Waals surface area (Å²) in [5.74, 6) is -0.310. The maximum absolute atomic E-state index is 12.6. The van der Waals surface area contributed by atoms with E-state index in [4.69, 9.17) is 8.98 Å². The Kier molecular flexibility index (Phi) is 11.6. The molecule has 0 radical (unpaired) electrons. The highest BCUT2D eigenvalue weighted by atomic mass is 127. The first kappa shape index (κ1) is 27.9. The van der Waals surface area contributed by atoms with E-state index in [-0.39, 0.29) is 18.2 Å². The molecule has 0 fully saturated rings. The van der Waals surface area contributed by atoms with Crippen LogP contribution in [0, 0.1) is 0 Å². The standard InChI is InChI=1S/C21H24N4O5S.IOP/c1-4-8-25-12-16(23-24-25)13-6-7-14-9-15(21(28)30-17(14)10-13)22-20(27)18(31-5-2)11-19(26)29-3;1-3-2/h6-7,9-10,12,18H,4-5,8,11H2,1-3H3,(H,22,27);. The Morgan fingerprint density at radius 2 is 2.06 bits per heavy atom. The van der Waals surface area contributed by atoms with Gasteiger partial charge in [0.2, 0.25) is 12.0 Å². The largest absolute Gasteiger partial charge is 0.469 e. The number of nitrogens with zero attached hydrogens (tertiary/aromatic N) is 3. The molecule has 1 aromatic carbocycles. The average Bonchev–Trinajstić information content (AvgIpc) is 3.28. The Balaban J connectivity index is 0.00000129. The zero-order chi connectivity index (χ0) is 25.1. The Hall–Kier alpha value is -2.31. The van der Waals surface area contributed by atoms with Gasteiger partial charge in [-0.15, -0.1) is 16.9 Å². The van der Waals surface area contributed by atoms with Crippen molar-refractivity contribution in [2.45, 2.75) is 38.5 Å². The summed E-state index contributed by atoms with van der Waals surface area (Å²) < 4.78 is 20.7. The molecule has 2 aromatic heterocycles. The molecule has 10 nitrogen and oxygen atoms in total. The lowest BCUT2D eigenvalue weighted by Gasteiger charge is -2.14. The molecule has 2 heterocycles. The van der Waals surface area contributed by atoms with Crippen LogP contribution in [0.15, 0.2) is 39.7 Å². The second kappa shape index (κ2) is 14.2. The summed E-state index contributed by atoms with van der Waals surface area (Å²) in [6, 6.07) is 6.91. The van der Waals surface area contributed by atoms with E-state index >= 15 is 0 Å².